The zero-order valence-corrected chi connectivity index (χ0v) is 68.3. The average Bonchev–Trinajstić information content (AvgIpc) is 0.915. The van der Waals surface area contributed by atoms with Crippen LogP contribution in [-0.4, -0.2) is 74.9 Å². The first-order valence-electron chi connectivity index (χ1n) is 42.2. The summed E-state index contributed by atoms with van der Waals surface area (Å²) >= 11 is 0. The molecule has 0 fully saturated rings. The zero-order valence-electron chi connectivity index (χ0n) is 67.4. The van der Waals surface area contributed by atoms with Crippen LogP contribution in [0.2, 0.25) is 0 Å². The molecule has 2 atom stereocenters. The number of quaternary nitrogens is 1. The van der Waals surface area contributed by atoms with Crippen molar-refractivity contribution in [3.63, 3.8) is 0 Å². The van der Waals surface area contributed by atoms with Gasteiger partial charge in [0, 0.05) is 12.8 Å². The molecule has 2 unspecified atom stereocenters. The van der Waals surface area contributed by atoms with E-state index in [-0.39, 0.29) is 32.0 Å². The Hall–Kier alpha value is -5.15. The number of phosphoric ester groups is 1. The Morgan fingerprint density at radius 2 is 0.519 bits per heavy atom. The lowest BCUT2D eigenvalue weighted by atomic mass is 10.0. The van der Waals surface area contributed by atoms with Crippen molar-refractivity contribution < 1.29 is 42.1 Å². The van der Waals surface area contributed by atoms with Gasteiger partial charge in [-0.25, -0.2) is 4.57 Å². The van der Waals surface area contributed by atoms with Gasteiger partial charge in [-0.15, -0.1) is 0 Å². The second-order valence-corrected chi connectivity index (χ2v) is 30.2. The highest BCUT2D eigenvalue weighted by Gasteiger charge is 2.27. The number of rotatable bonds is 76. The second-order valence-electron chi connectivity index (χ2n) is 28.7. The van der Waals surface area contributed by atoms with E-state index in [4.69, 9.17) is 18.5 Å². The number of hydrogen-bond acceptors (Lipinski definition) is 7. The predicted molar refractivity (Wildman–Crippen MR) is 454 cm³/mol. The topological polar surface area (TPSA) is 108 Å². The average molecular weight is 1460 g/mol. The van der Waals surface area contributed by atoms with E-state index in [1.807, 2.05) is 21.1 Å². The fraction of sp³-hybridized carbons (Fsp3) is 0.638. The van der Waals surface area contributed by atoms with Gasteiger partial charge in [-0.05, 0) is 141 Å². The number of ether oxygens (including phenoxy) is 2. The normalized spacial score (nSPS) is 14.0. The Morgan fingerprint density at radius 3 is 0.769 bits per heavy atom. The molecule has 0 saturated heterocycles. The highest BCUT2D eigenvalue weighted by Crippen LogP contribution is 2.43. The number of carbonyl (C=O) groups is 2. The summed E-state index contributed by atoms with van der Waals surface area (Å²) in [5.41, 5.74) is 0. The smallest absolute Gasteiger partial charge is 0.462 e. The molecule has 0 aromatic carbocycles. The van der Waals surface area contributed by atoms with E-state index >= 15 is 0 Å². The van der Waals surface area contributed by atoms with Crippen LogP contribution in [0.1, 0.15) is 335 Å². The third-order valence-corrected chi connectivity index (χ3v) is 18.6. The number of nitrogens with zero attached hydrogens (tertiary/aromatic N) is 1. The SMILES string of the molecule is CC/C=C\C/C=C\C/C=C\C/C=C\C/C=C\C/C=C\C/C=C\C/C=C\C/C=C\C/C=C\CCCCCCCCCCC(=O)OC(COC(=O)CCCCCCCCCCCCCCCCCCCCCCCC/C=C\C/C=C\C/C=C\C/C=C\C/C=C\C/C=C\CC)COP(=O)(O)OCC[N+](C)(C)C. The summed E-state index contributed by atoms with van der Waals surface area (Å²) in [6.07, 6.45) is 127. The Balaban J connectivity index is 4.01. The monoisotopic (exact) mass is 1460 g/mol. The quantitative estimate of drug-likeness (QED) is 0.0211. The molecule has 0 radical (unpaired) electrons. The molecule has 0 aliphatic heterocycles. The van der Waals surface area contributed by atoms with Gasteiger partial charge in [0.2, 0.25) is 0 Å². The van der Waals surface area contributed by atoms with E-state index in [0.717, 1.165) is 148 Å². The molecule has 0 bridgehead atoms. The fourth-order valence-electron chi connectivity index (χ4n) is 11.3. The Labute approximate surface area is 641 Å². The van der Waals surface area contributed by atoms with Gasteiger partial charge in [-0.2, -0.15) is 0 Å². The number of phosphoric acid groups is 1. The Kier molecular flexibility index (Phi) is 77.9. The van der Waals surface area contributed by atoms with Crippen LogP contribution < -0.4 is 0 Å². The lowest BCUT2D eigenvalue weighted by Gasteiger charge is -2.24. The molecule has 590 valence electrons. The highest BCUT2D eigenvalue weighted by atomic mass is 31.2. The Morgan fingerprint density at radius 1 is 0.298 bits per heavy atom. The van der Waals surface area contributed by atoms with Crippen molar-refractivity contribution in [1.82, 2.24) is 0 Å². The summed E-state index contributed by atoms with van der Waals surface area (Å²) in [6, 6.07) is 0. The molecule has 104 heavy (non-hydrogen) atoms. The largest absolute Gasteiger partial charge is 0.472 e. The summed E-state index contributed by atoms with van der Waals surface area (Å²) in [4.78, 5) is 36.0. The van der Waals surface area contributed by atoms with Crippen LogP contribution in [0, 0.1) is 0 Å². The van der Waals surface area contributed by atoms with Crippen molar-refractivity contribution >= 4 is 19.8 Å². The van der Waals surface area contributed by atoms with Crippen molar-refractivity contribution in [3.05, 3.63) is 194 Å². The molecule has 1 N–H and O–H groups in total. The van der Waals surface area contributed by atoms with E-state index < -0.39 is 26.5 Å². The van der Waals surface area contributed by atoms with E-state index in [0.29, 0.717) is 17.4 Å². The summed E-state index contributed by atoms with van der Waals surface area (Å²) in [6.45, 7) is 4.21. The third kappa shape index (κ3) is 85.8. The van der Waals surface area contributed by atoms with Gasteiger partial charge in [0.1, 0.15) is 19.8 Å². The maximum absolute atomic E-state index is 12.9. The molecular formula is C94H157NO8P+. The molecule has 0 saturated carbocycles. The van der Waals surface area contributed by atoms with E-state index in [9.17, 15) is 19.0 Å². The van der Waals surface area contributed by atoms with Crippen LogP contribution in [0.5, 0.6) is 0 Å². The first kappa shape index (κ1) is 98.8. The van der Waals surface area contributed by atoms with E-state index in [1.54, 1.807) is 0 Å². The van der Waals surface area contributed by atoms with E-state index in [1.165, 1.54) is 154 Å². The molecule has 10 heteroatoms. The number of unbranched alkanes of at least 4 members (excludes halogenated alkanes) is 30. The molecule has 0 rings (SSSR count). The van der Waals surface area contributed by atoms with Crippen LogP contribution in [0.3, 0.4) is 0 Å². The van der Waals surface area contributed by atoms with Gasteiger partial charge in [-0.3, -0.25) is 18.6 Å². The van der Waals surface area contributed by atoms with Crippen LogP contribution >= 0.6 is 7.82 Å². The van der Waals surface area contributed by atoms with Crippen molar-refractivity contribution in [3.8, 4) is 0 Å². The molecule has 0 aromatic rings. The zero-order chi connectivity index (χ0) is 75.4. The highest BCUT2D eigenvalue weighted by molar-refractivity contribution is 7.47. The minimum absolute atomic E-state index is 0.0229. The first-order chi connectivity index (χ1) is 51.0. The molecule has 0 amide bonds. The van der Waals surface area contributed by atoms with Crippen molar-refractivity contribution in [2.75, 3.05) is 47.5 Å². The van der Waals surface area contributed by atoms with Crippen molar-refractivity contribution in [2.45, 2.75) is 341 Å². The van der Waals surface area contributed by atoms with Crippen LogP contribution in [0.4, 0.5) is 0 Å². The van der Waals surface area contributed by atoms with Crippen LogP contribution in [0.25, 0.3) is 0 Å². The fourth-order valence-corrected chi connectivity index (χ4v) is 12.0. The third-order valence-electron chi connectivity index (χ3n) is 17.6. The standard InChI is InChI=1S/C94H156NO8P/c1-6-8-10-12-14-16-18-20-22-24-26-28-30-32-34-36-38-40-42-44-46-47-49-50-52-54-56-58-60-62-64-66-68-70-72-74-76-78-80-82-84-86-93(96)100-90-92(91-102-104(98,99)101-89-88-95(3,4)5)103-94(97)87-85-83-81-79-77-75-73-71-69-67-65-63-61-59-57-55-53-51-48-45-43-41-39-37-35-33-31-29-27-25-23-21-19-17-15-13-11-9-7-2/h8-11,14-17,20-23,26-29,32-35,38-41,45,48,53,55,59,61,65,67,92H,6-7,12-13,18-19,24-25,30-31,36-37,42-44,46-47,49-52,54,56-58,60,62-64,66,68-91H2,1-5H3/p+1/b10-8-,11-9-,16-14-,17-15-,22-20-,23-21-,28-26-,29-27-,34-32-,35-33-,40-38-,41-39-,48-45-,55-53-,61-59-,67-65-. The van der Waals surface area contributed by atoms with Crippen LogP contribution in [-0.2, 0) is 32.7 Å². The lowest BCUT2D eigenvalue weighted by Crippen LogP contribution is -2.37. The molecule has 0 spiro atoms. The van der Waals surface area contributed by atoms with Gasteiger partial charge in [-0.1, -0.05) is 375 Å². The molecule has 0 aliphatic carbocycles. The second kappa shape index (κ2) is 81.9. The maximum atomic E-state index is 12.9. The number of carbonyl (C=O) groups excluding carboxylic acids is 2. The Bertz CT molecular complexity index is 2470. The van der Waals surface area contributed by atoms with Gasteiger partial charge >= 0.3 is 19.8 Å². The minimum atomic E-state index is -4.41. The van der Waals surface area contributed by atoms with Gasteiger partial charge in [0.25, 0.3) is 0 Å². The van der Waals surface area contributed by atoms with Crippen LogP contribution in [0.15, 0.2) is 194 Å². The summed E-state index contributed by atoms with van der Waals surface area (Å²) in [5.74, 6) is -0.806. The molecule has 0 aromatic heterocycles. The lowest BCUT2D eigenvalue weighted by molar-refractivity contribution is -0.870. The molecule has 9 nitrogen and oxygen atoms in total. The van der Waals surface area contributed by atoms with Crippen molar-refractivity contribution in [1.29, 1.82) is 0 Å². The van der Waals surface area contributed by atoms with Gasteiger partial charge in [0.05, 0.1) is 27.7 Å². The number of likely N-dealkylation sites (N-methyl/N-ethyl adjacent to an activating group) is 1. The molecular weight excluding hydrogens is 1300 g/mol. The van der Waals surface area contributed by atoms with E-state index in [2.05, 4.69) is 208 Å². The number of esters is 2. The number of hydrogen-bond donors (Lipinski definition) is 1. The summed E-state index contributed by atoms with van der Waals surface area (Å²) < 4.78 is 34.8. The summed E-state index contributed by atoms with van der Waals surface area (Å²) in [5, 5.41) is 0. The predicted octanol–water partition coefficient (Wildman–Crippen LogP) is 28.7. The maximum Gasteiger partial charge on any atom is 0.472 e. The van der Waals surface area contributed by atoms with Gasteiger partial charge < -0.3 is 18.9 Å². The summed E-state index contributed by atoms with van der Waals surface area (Å²) in [7, 11) is 1.46. The molecule has 0 aliphatic rings. The number of allylic oxidation sites excluding steroid dienone is 32. The van der Waals surface area contributed by atoms with Crippen molar-refractivity contribution in [2.24, 2.45) is 0 Å². The molecule has 0 heterocycles. The van der Waals surface area contributed by atoms with Gasteiger partial charge in [0.15, 0.2) is 6.10 Å². The first-order valence-corrected chi connectivity index (χ1v) is 43.7. The minimum Gasteiger partial charge on any atom is -0.462 e.